The second-order valence-corrected chi connectivity index (χ2v) is 7.12. The molecule has 0 spiro atoms. The van der Waals surface area contributed by atoms with Crippen molar-refractivity contribution in [3.8, 4) is 0 Å². The molecule has 1 aliphatic carbocycles. The Kier molecular flexibility index (Phi) is 4.14. The quantitative estimate of drug-likeness (QED) is 0.380. The van der Waals surface area contributed by atoms with Gasteiger partial charge in [0.2, 0.25) is 0 Å². The van der Waals surface area contributed by atoms with Crippen molar-refractivity contribution >= 4 is 23.0 Å². The number of hydrogen-bond acceptors (Lipinski definition) is 3. The highest BCUT2D eigenvalue weighted by atomic mass is 35.5. The highest BCUT2D eigenvalue weighted by Crippen LogP contribution is 2.54. The first-order valence-corrected chi connectivity index (χ1v) is 8.72. The lowest BCUT2D eigenvalue weighted by molar-refractivity contribution is -0.384. The number of halogens is 4. The van der Waals surface area contributed by atoms with E-state index in [1.165, 1.54) is 18.2 Å². The molecule has 0 saturated heterocycles. The zero-order valence-electron chi connectivity index (χ0n) is 13.8. The van der Waals surface area contributed by atoms with Crippen LogP contribution in [0.15, 0.2) is 48.6 Å². The molecule has 2 aromatic carbocycles. The molecule has 1 aliphatic heterocycles. The van der Waals surface area contributed by atoms with E-state index >= 15 is 0 Å². The normalized spacial score (nSPS) is 23.5. The Bertz CT molecular complexity index is 958. The second-order valence-electron chi connectivity index (χ2n) is 6.71. The van der Waals surface area contributed by atoms with Gasteiger partial charge < -0.3 is 5.32 Å². The highest BCUT2D eigenvalue weighted by molar-refractivity contribution is 6.33. The maximum absolute atomic E-state index is 13.6. The van der Waals surface area contributed by atoms with E-state index in [2.05, 4.69) is 5.32 Å². The van der Waals surface area contributed by atoms with Gasteiger partial charge in [0.05, 0.1) is 27.2 Å². The summed E-state index contributed by atoms with van der Waals surface area (Å²) in [7, 11) is 0. The van der Waals surface area contributed by atoms with Gasteiger partial charge in [0.25, 0.3) is 5.69 Å². The van der Waals surface area contributed by atoms with Gasteiger partial charge in [-0.2, -0.15) is 13.2 Å². The van der Waals surface area contributed by atoms with Gasteiger partial charge in [-0.25, -0.2) is 0 Å². The molecule has 0 amide bonds. The van der Waals surface area contributed by atoms with Crippen molar-refractivity contribution in [2.45, 2.75) is 24.6 Å². The van der Waals surface area contributed by atoms with Crippen LogP contribution < -0.4 is 5.32 Å². The van der Waals surface area contributed by atoms with Gasteiger partial charge >= 0.3 is 6.18 Å². The molecule has 0 aromatic heterocycles. The summed E-state index contributed by atoms with van der Waals surface area (Å²) < 4.78 is 40.7. The lowest BCUT2D eigenvalue weighted by atomic mass is 9.75. The zero-order chi connectivity index (χ0) is 19.3. The number of nitro groups is 1. The molecule has 2 aromatic rings. The van der Waals surface area contributed by atoms with Crippen LogP contribution in [0.25, 0.3) is 0 Å². The Morgan fingerprint density at radius 3 is 2.70 bits per heavy atom. The van der Waals surface area contributed by atoms with Crippen molar-refractivity contribution in [3.63, 3.8) is 0 Å². The largest absolute Gasteiger partial charge is 0.416 e. The number of hydrogen-bond donors (Lipinski definition) is 1. The molecule has 0 bridgehead atoms. The van der Waals surface area contributed by atoms with E-state index in [1.54, 1.807) is 18.2 Å². The monoisotopic (exact) mass is 394 g/mol. The van der Waals surface area contributed by atoms with E-state index in [-0.39, 0.29) is 33.9 Å². The lowest BCUT2D eigenvalue weighted by Crippen LogP contribution is -2.31. The number of alkyl halides is 3. The van der Waals surface area contributed by atoms with E-state index in [4.69, 9.17) is 11.6 Å². The van der Waals surface area contributed by atoms with Crippen LogP contribution >= 0.6 is 11.6 Å². The van der Waals surface area contributed by atoms with Gasteiger partial charge in [-0.05, 0) is 35.6 Å². The van der Waals surface area contributed by atoms with E-state index in [0.29, 0.717) is 12.0 Å². The Morgan fingerprint density at radius 1 is 1.22 bits per heavy atom. The van der Waals surface area contributed by atoms with Gasteiger partial charge in [-0.15, -0.1) is 0 Å². The predicted octanol–water partition coefficient (Wildman–Crippen LogP) is 6.09. The van der Waals surface area contributed by atoms with Crippen LogP contribution in [-0.2, 0) is 6.18 Å². The number of anilines is 1. The van der Waals surface area contributed by atoms with Gasteiger partial charge in [0, 0.05) is 18.1 Å². The van der Waals surface area contributed by atoms with Crippen molar-refractivity contribution in [3.05, 3.63) is 80.4 Å². The number of benzene rings is 2. The molecule has 1 heterocycles. The number of nitro benzene ring substituents is 1. The number of nitrogens with zero attached hydrogens (tertiary/aromatic N) is 1. The van der Waals surface area contributed by atoms with Crippen LogP contribution in [-0.4, -0.2) is 4.92 Å². The van der Waals surface area contributed by atoms with Crippen LogP contribution in [0.5, 0.6) is 0 Å². The van der Waals surface area contributed by atoms with Crippen LogP contribution in [0.3, 0.4) is 0 Å². The van der Waals surface area contributed by atoms with Gasteiger partial charge in [-0.1, -0.05) is 35.9 Å². The average Bonchev–Trinajstić information content (AvgIpc) is 3.10. The topological polar surface area (TPSA) is 55.2 Å². The van der Waals surface area contributed by atoms with E-state index in [1.807, 2.05) is 6.08 Å². The van der Waals surface area contributed by atoms with Crippen molar-refractivity contribution in [2.24, 2.45) is 5.92 Å². The Morgan fingerprint density at radius 2 is 2.00 bits per heavy atom. The molecular formula is C19H14ClF3N2O2. The van der Waals surface area contributed by atoms with E-state index in [9.17, 15) is 23.3 Å². The molecule has 0 fully saturated rings. The van der Waals surface area contributed by atoms with Crippen molar-refractivity contribution < 1.29 is 18.1 Å². The number of fused-ring (bicyclic) bond motifs is 3. The van der Waals surface area contributed by atoms with Crippen LogP contribution in [0.4, 0.5) is 24.5 Å². The molecule has 27 heavy (non-hydrogen) atoms. The first-order valence-electron chi connectivity index (χ1n) is 8.34. The van der Waals surface area contributed by atoms with Crippen LogP contribution in [0.1, 0.15) is 35.1 Å². The minimum absolute atomic E-state index is 0.0576. The summed E-state index contributed by atoms with van der Waals surface area (Å²) in [5.41, 5.74) is 0.291. The number of allylic oxidation sites excluding steroid dienone is 2. The highest BCUT2D eigenvalue weighted by Gasteiger charge is 2.45. The first-order chi connectivity index (χ1) is 12.8. The summed E-state index contributed by atoms with van der Waals surface area (Å²) in [6, 6.07) is 8.04. The Hall–Kier alpha value is -2.54. The summed E-state index contributed by atoms with van der Waals surface area (Å²) in [6.07, 6.45) is -0.276. The van der Waals surface area contributed by atoms with E-state index in [0.717, 1.165) is 6.07 Å². The molecule has 4 nitrogen and oxygen atoms in total. The average molecular weight is 395 g/mol. The third kappa shape index (κ3) is 2.96. The molecule has 0 unspecified atom stereocenters. The molecule has 3 atom stereocenters. The fourth-order valence-electron chi connectivity index (χ4n) is 4.08. The van der Waals surface area contributed by atoms with Crippen LogP contribution in [0.2, 0.25) is 5.02 Å². The SMILES string of the molecule is O=[N+]([O-])c1cccc([C@@H]2Nc3c(Cl)ccc(C(F)(F)F)c3[C@@H]3C=CC[C@@H]32)c1. The summed E-state index contributed by atoms with van der Waals surface area (Å²) in [4.78, 5) is 10.6. The minimum atomic E-state index is -4.49. The van der Waals surface area contributed by atoms with Crippen molar-refractivity contribution in [1.29, 1.82) is 0 Å². The van der Waals surface area contributed by atoms with Gasteiger partial charge in [0.15, 0.2) is 0 Å². The van der Waals surface area contributed by atoms with Crippen molar-refractivity contribution in [1.82, 2.24) is 0 Å². The third-order valence-electron chi connectivity index (χ3n) is 5.21. The zero-order valence-corrected chi connectivity index (χ0v) is 14.6. The van der Waals surface area contributed by atoms with Crippen molar-refractivity contribution in [2.75, 3.05) is 5.32 Å². The molecule has 2 aliphatic rings. The molecular weight excluding hydrogens is 381 g/mol. The molecule has 0 saturated carbocycles. The minimum Gasteiger partial charge on any atom is -0.376 e. The van der Waals surface area contributed by atoms with Gasteiger partial charge in [-0.3, -0.25) is 10.1 Å². The lowest BCUT2D eigenvalue weighted by Gasteiger charge is -2.39. The maximum Gasteiger partial charge on any atom is 0.416 e. The van der Waals surface area contributed by atoms with Crippen LogP contribution in [0, 0.1) is 16.0 Å². The van der Waals surface area contributed by atoms with Gasteiger partial charge in [0.1, 0.15) is 0 Å². The Labute approximate surface area is 157 Å². The fraction of sp³-hybridized carbons (Fsp3) is 0.263. The molecule has 140 valence electrons. The molecule has 8 heteroatoms. The smallest absolute Gasteiger partial charge is 0.376 e. The predicted molar refractivity (Wildman–Crippen MR) is 95.9 cm³/mol. The first kappa shape index (κ1) is 17.9. The molecule has 0 radical (unpaired) electrons. The Balaban J connectivity index is 1.86. The maximum atomic E-state index is 13.6. The summed E-state index contributed by atoms with van der Waals surface area (Å²) >= 11 is 6.23. The molecule has 1 N–H and O–H groups in total. The number of rotatable bonds is 2. The number of non-ortho nitro benzene ring substituents is 1. The third-order valence-corrected chi connectivity index (χ3v) is 5.53. The fourth-order valence-corrected chi connectivity index (χ4v) is 4.30. The summed E-state index contributed by atoms with van der Waals surface area (Å²) in [6.45, 7) is 0. The number of nitrogens with one attached hydrogen (secondary N) is 1. The standard InChI is InChI=1S/C19H14ClF3N2O2/c20-15-8-7-14(19(21,22)23)16-12-5-2-6-13(12)17(24-18(15)16)10-3-1-4-11(9-10)25(26)27/h1-5,7-9,12-13,17,24H,6H2/t12-,13+,17+/m1/s1. The van der Waals surface area contributed by atoms with E-state index < -0.39 is 22.6 Å². The molecule has 4 rings (SSSR count). The second kappa shape index (κ2) is 6.27. The summed E-state index contributed by atoms with van der Waals surface area (Å²) in [5.74, 6) is -0.639. The summed E-state index contributed by atoms with van der Waals surface area (Å²) in [5, 5.41) is 14.4.